The quantitative estimate of drug-likeness (QED) is 0.844. The van der Waals surface area contributed by atoms with Crippen LogP contribution in [0.25, 0.3) is 0 Å². The minimum absolute atomic E-state index is 0.181. The average Bonchev–Trinajstić information content (AvgIpc) is 2.95. The van der Waals surface area contributed by atoms with Crippen LogP contribution in [0.1, 0.15) is 65.7 Å². The van der Waals surface area contributed by atoms with Gasteiger partial charge in [0.1, 0.15) is 0 Å². The molecule has 1 aliphatic carbocycles. The number of hydrogen-bond acceptors (Lipinski definition) is 2. The minimum atomic E-state index is -0.293. The molecule has 1 aliphatic heterocycles. The minimum Gasteiger partial charge on any atom is -0.393 e. The van der Waals surface area contributed by atoms with Gasteiger partial charge < -0.3 is 10.0 Å². The van der Waals surface area contributed by atoms with Crippen molar-refractivity contribution in [3.05, 3.63) is 0 Å². The number of nitrogens with zero attached hydrogens (tertiary/aromatic N) is 1. The van der Waals surface area contributed by atoms with Crippen molar-refractivity contribution in [2.75, 3.05) is 13.1 Å². The van der Waals surface area contributed by atoms with Crippen LogP contribution >= 0.6 is 0 Å². The second-order valence-electron chi connectivity index (χ2n) is 7.66. The molecule has 122 valence electrons. The van der Waals surface area contributed by atoms with Gasteiger partial charge in [0.2, 0.25) is 5.91 Å². The molecule has 1 saturated heterocycles. The molecule has 2 rings (SSSR count). The summed E-state index contributed by atoms with van der Waals surface area (Å²) in [6, 6.07) is 0. The van der Waals surface area contributed by atoms with Gasteiger partial charge in [0.15, 0.2) is 0 Å². The lowest BCUT2D eigenvalue weighted by molar-refractivity contribution is -0.137. The van der Waals surface area contributed by atoms with Gasteiger partial charge >= 0.3 is 0 Å². The number of likely N-dealkylation sites (tertiary alicyclic amines) is 1. The van der Waals surface area contributed by atoms with Crippen molar-refractivity contribution < 1.29 is 9.90 Å². The molecule has 2 fully saturated rings. The molecule has 0 aromatic heterocycles. The third kappa shape index (κ3) is 4.45. The fraction of sp³-hybridized carbons (Fsp3) is 0.944. The Bertz CT molecular complexity index is 334. The Morgan fingerprint density at radius 2 is 1.81 bits per heavy atom. The molecule has 0 spiro atoms. The number of amides is 1. The first-order valence-electron chi connectivity index (χ1n) is 8.96. The molecule has 3 unspecified atom stereocenters. The van der Waals surface area contributed by atoms with Crippen LogP contribution in [-0.2, 0) is 4.79 Å². The maximum absolute atomic E-state index is 12.9. The zero-order valence-corrected chi connectivity index (χ0v) is 14.1. The Hall–Kier alpha value is -0.570. The normalized spacial score (nSPS) is 27.1. The zero-order valence-electron chi connectivity index (χ0n) is 14.1. The molecule has 3 atom stereocenters. The Labute approximate surface area is 130 Å². The molecule has 21 heavy (non-hydrogen) atoms. The maximum atomic E-state index is 12.9. The summed E-state index contributed by atoms with van der Waals surface area (Å²) < 4.78 is 0. The molecule has 0 aromatic rings. The Balaban J connectivity index is 1.92. The van der Waals surface area contributed by atoms with Crippen LogP contribution in [-0.4, -0.2) is 35.1 Å². The molecule has 0 bridgehead atoms. The first-order valence-corrected chi connectivity index (χ1v) is 8.96. The van der Waals surface area contributed by atoms with E-state index in [1.165, 1.54) is 32.1 Å². The second-order valence-corrected chi connectivity index (χ2v) is 7.66. The SMILES string of the molecule is CC(C)C(CC1CCCCC1)C(=O)N1CCC(C(C)O)C1. The molecular weight excluding hydrogens is 262 g/mol. The molecule has 2 aliphatic rings. The van der Waals surface area contributed by atoms with Gasteiger partial charge in [-0.05, 0) is 31.6 Å². The number of aliphatic hydroxyl groups excluding tert-OH is 1. The van der Waals surface area contributed by atoms with Crippen molar-refractivity contribution in [2.24, 2.45) is 23.7 Å². The number of aliphatic hydroxyl groups is 1. The standard InChI is InChI=1S/C18H33NO2/c1-13(2)17(11-15-7-5-4-6-8-15)18(21)19-10-9-16(12-19)14(3)20/h13-17,20H,4-12H2,1-3H3. The zero-order chi connectivity index (χ0) is 15.4. The third-order valence-electron chi connectivity index (χ3n) is 5.65. The van der Waals surface area contributed by atoms with Crippen LogP contribution in [0, 0.1) is 23.7 Å². The van der Waals surface area contributed by atoms with E-state index < -0.39 is 0 Å². The lowest BCUT2D eigenvalue weighted by Gasteiger charge is -2.31. The first kappa shape index (κ1) is 16.8. The van der Waals surface area contributed by atoms with Crippen molar-refractivity contribution in [3.8, 4) is 0 Å². The van der Waals surface area contributed by atoms with Gasteiger partial charge in [-0.3, -0.25) is 4.79 Å². The average molecular weight is 295 g/mol. The van der Waals surface area contributed by atoms with Gasteiger partial charge in [0.05, 0.1) is 6.10 Å². The smallest absolute Gasteiger partial charge is 0.225 e. The number of carbonyl (C=O) groups is 1. The van der Waals surface area contributed by atoms with Gasteiger partial charge in [0, 0.05) is 24.9 Å². The lowest BCUT2D eigenvalue weighted by Crippen LogP contribution is -2.38. The topological polar surface area (TPSA) is 40.5 Å². The Morgan fingerprint density at radius 1 is 1.14 bits per heavy atom. The van der Waals surface area contributed by atoms with E-state index in [4.69, 9.17) is 0 Å². The Kier molecular flexibility index (Phi) is 6.09. The number of hydrogen-bond donors (Lipinski definition) is 1. The van der Waals surface area contributed by atoms with Crippen LogP contribution in [0.15, 0.2) is 0 Å². The second kappa shape index (κ2) is 7.62. The Morgan fingerprint density at radius 3 is 2.33 bits per heavy atom. The van der Waals surface area contributed by atoms with Gasteiger partial charge in [-0.25, -0.2) is 0 Å². The van der Waals surface area contributed by atoms with Crippen LogP contribution in [0.3, 0.4) is 0 Å². The molecule has 1 amide bonds. The van der Waals surface area contributed by atoms with Gasteiger partial charge in [-0.2, -0.15) is 0 Å². The fourth-order valence-electron chi connectivity index (χ4n) is 4.06. The van der Waals surface area contributed by atoms with Crippen molar-refractivity contribution in [1.82, 2.24) is 4.90 Å². The van der Waals surface area contributed by atoms with Crippen molar-refractivity contribution in [1.29, 1.82) is 0 Å². The lowest BCUT2D eigenvalue weighted by atomic mass is 9.79. The largest absolute Gasteiger partial charge is 0.393 e. The summed E-state index contributed by atoms with van der Waals surface area (Å²) in [6.07, 6.45) is 8.43. The fourth-order valence-corrected chi connectivity index (χ4v) is 4.06. The molecule has 0 radical (unpaired) electrons. The van der Waals surface area contributed by atoms with E-state index in [0.29, 0.717) is 11.8 Å². The highest BCUT2D eigenvalue weighted by molar-refractivity contribution is 5.79. The summed E-state index contributed by atoms with van der Waals surface area (Å²) in [4.78, 5) is 14.9. The van der Waals surface area contributed by atoms with Gasteiger partial charge in [-0.1, -0.05) is 46.0 Å². The first-order chi connectivity index (χ1) is 9.99. The van der Waals surface area contributed by atoms with E-state index in [9.17, 15) is 9.90 Å². The van der Waals surface area contributed by atoms with Crippen LogP contribution in [0.4, 0.5) is 0 Å². The molecule has 0 aromatic carbocycles. The summed E-state index contributed by atoms with van der Waals surface area (Å²) >= 11 is 0. The van der Waals surface area contributed by atoms with Crippen molar-refractivity contribution >= 4 is 5.91 Å². The van der Waals surface area contributed by atoms with E-state index in [0.717, 1.165) is 31.8 Å². The summed E-state index contributed by atoms with van der Waals surface area (Å²) in [5.41, 5.74) is 0. The monoisotopic (exact) mass is 295 g/mol. The van der Waals surface area contributed by atoms with Gasteiger partial charge in [-0.15, -0.1) is 0 Å². The summed E-state index contributed by atoms with van der Waals surface area (Å²) in [5, 5.41) is 9.72. The maximum Gasteiger partial charge on any atom is 0.225 e. The van der Waals surface area contributed by atoms with Crippen LogP contribution < -0.4 is 0 Å². The summed E-state index contributed by atoms with van der Waals surface area (Å²) in [5.74, 6) is 1.98. The molecule has 1 heterocycles. The van der Waals surface area contributed by atoms with E-state index in [2.05, 4.69) is 13.8 Å². The highest BCUT2D eigenvalue weighted by Gasteiger charge is 2.35. The van der Waals surface area contributed by atoms with E-state index in [1.807, 2.05) is 11.8 Å². The van der Waals surface area contributed by atoms with Crippen LogP contribution in [0.5, 0.6) is 0 Å². The predicted molar refractivity (Wildman–Crippen MR) is 85.9 cm³/mol. The summed E-state index contributed by atoms with van der Waals surface area (Å²) in [6.45, 7) is 7.81. The van der Waals surface area contributed by atoms with Gasteiger partial charge in [0.25, 0.3) is 0 Å². The molecule has 1 N–H and O–H groups in total. The van der Waals surface area contributed by atoms with E-state index in [1.54, 1.807) is 0 Å². The summed E-state index contributed by atoms with van der Waals surface area (Å²) in [7, 11) is 0. The molecule has 3 heteroatoms. The third-order valence-corrected chi connectivity index (χ3v) is 5.65. The van der Waals surface area contributed by atoms with Crippen molar-refractivity contribution in [2.45, 2.75) is 71.8 Å². The van der Waals surface area contributed by atoms with Crippen molar-refractivity contribution in [3.63, 3.8) is 0 Å². The van der Waals surface area contributed by atoms with Crippen LogP contribution in [0.2, 0.25) is 0 Å². The predicted octanol–water partition coefficient (Wildman–Crippen LogP) is 3.46. The molecule has 1 saturated carbocycles. The van der Waals surface area contributed by atoms with E-state index >= 15 is 0 Å². The number of rotatable bonds is 5. The highest BCUT2D eigenvalue weighted by atomic mass is 16.3. The van der Waals surface area contributed by atoms with E-state index in [-0.39, 0.29) is 17.9 Å². The number of carbonyl (C=O) groups excluding carboxylic acids is 1. The molecule has 3 nitrogen and oxygen atoms in total. The highest BCUT2D eigenvalue weighted by Crippen LogP contribution is 2.33. The molecular formula is C18H33NO2.